The number of nitrogens with zero attached hydrogens (tertiary/aromatic N) is 5. The second-order valence-corrected chi connectivity index (χ2v) is 9.83. The molecule has 6 nitrogen and oxygen atoms in total. The molecule has 2 aromatic rings. The molecule has 1 saturated heterocycles. The Labute approximate surface area is 177 Å². The normalized spacial score (nSPS) is 17.0. The van der Waals surface area contributed by atoms with E-state index in [1.54, 1.807) is 17.5 Å². The van der Waals surface area contributed by atoms with E-state index in [2.05, 4.69) is 28.7 Å². The second-order valence-electron chi connectivity index (χ2n) is 8.76. The zero-order valence-electron chi connectivity index (χ0n) is 17.7. The minimum Gasteiger partial charge on any atom is -0.341 e. The summed E-state index contributed by atoms with van der Waals surface area (Å²) in [7, 11) is 0. The number of aromatic nitrogens is 3. The van der Waals surface area contributed by atoms with E-state index in [9.17, 15) is 4.79 Å². The molecule has 7 heteroatoms. The van der Waals surface area contributed by atoms with Gasteiger partial charge in [0.2, 0.25) is 5.95 Å². The van der Waals surface area contributed by atoms with Crippen LogP contribution in [0.3, 0.4) is 0 Å². The fourth-order valence-corrected chi connectivity index (χ4v) is 4.91. The summed E-state index contributed by atoms with van der Waals surface area (Å²) in [5.41, 5.74) is 1.88. The third-order valence-corrected chi connectivity index (χ3v) is 6.57. The summed E-state index contributed by atoms with van der Waals surface area (Å²) < 4.78 is 0. The lowest BCUT2D eigenvalue weighted by Gasteiger charge is -2.28. The summed E-state index contributed by atoms with van der Waals surface area (Å²) in [6.07, 6.45) is 7.84. The van der Waals surface area contributed by atoms with Crippen LogP contribution in [0.1, 0.15) is 77.9 Å². The van der Waals surface area contributed by atoms with Gasteiger partial charge in [0.05, 0.1) is 23.4 Å². The van der Waals surface area contributed by atoms with Crippen molar-refractivity contribution in [3.05, 3.63) is 33.5 Å². The predicted molar refractivity (Wildman–Crippen MR) is 117 cm³/mol. The first-order valence-corrected chi connectivity index (χ1v) is 11.7. The van der Waals surface area contributed by atoms with Gasteiger partial charge in [-0.15, -0.1) is 11.3 Å². The van der Waals surface area contributed by atoms with Crippen LogP contribution in [0.5, 0.6) is 0 Å². The summed E-state index contributed by atoms with van der Waals surface area (Å²) in [4.78, 5) is 32.2. The van der Waals surface area contributed by atoms with Crippen LogP contribution in [0.2, 0.25) is 0 Å². The molecule has 2 fully saturated rings. The minimum absolute atomic E-state index is 0.0684. The Morgan fingerprint density at radius 2 is 2.00 bits per heavy atom. The highest BCUT2D eigenvalue weighted by atomic mass is 32.1. The van der Waals surface area contributed by atoms with Gasteiger partial charge in [-0.3, -0.25) is 4.79 Å². The van der Waals surface area contributed by atoms with Gasteiger partial charge in [0.1, 0.15) is 4.88 Å². The van der Waals surface area contributed by atoms with Gasteiger partial charge in [-0.05, 0) is 51.0 Å². The van der Waals surface area contributed by atoms with Crippen LogP contribution >= 0.6 is 11.3 Å². The lowest BCUT2D eigenvalue weighted by atomic mass is 10.1. The third kappa shape index (κ3) is 5.13. The van der Waals surface area contributed by atoms with Crippen LogP contribution in [0, 0.1) is 12.8 Å². The molecule has 0 aromatic carbocycles. The van der Waals surface area contributed by atoms with Crippen LogP contribution in [-0.4, -0.2) is 45.4 Å². The number of carbonyl (C=O) groups is 1. The second kappa shape index (κ2) is 8.78. The first-order chi connectivity index (χ1) is 14.0. The quantitative estimate of drug-likeness (QED) is 0.673. The van der Waals surface area contributed by atoms with E-state index in [1.165, 1.54) is 32.1 Å². The molecule has 0 atom stereocenters. The van der Waals surface area contributed by atoms with E-state index >= 15 is 0 Å². The molecule has 0 bridgehead atoms. The van der Waals surface area contributed by atoms with Crippen LogP contribution in [0.25, 0.3) is 0 Å². The minimum atomic E-state index is 0.0684. The van der Waals surface area contributed by atoms with E-state index in [1.807, 2.05) is 17.9 Å². The number of piperidine rings is 1. The van der Waals surface area contributed by atoms with Crippen molar-refractivity contribution in [2.45, 2.75) is 65.3 Å². The van der Waals surface area contributed by atoms with E-state index in [0.29, 0.717) is 24.9 Å². The van der Waals surface area contributed by atoms with Gasteiger partial charge in [0.15, 0.2) is 0 Å². The highest BCUT2D eigenvalue weighted by molar-refractivity contribution is 7.13. The largest absolute Gasteiger partial charge is 0.341 e. The average molecular weight is 414 g/mol. The number of aryl methyl sites for hydroxylation is 1. The zero-order chi connectivity index (χ0) is 20.4. The number of thiazole rings is 1. The van der Waals surface area contributed by atoms with Gasteiger partial charge in [-0.1, -0.05) is 13.8 Å². The van der Waals surface area contributed by atoms with Crippen LogP contribution < -0.4 is 4.90 Å². The Balaban J connectivity index is 1.54. The maximum absolute atomic E-state index is 13.3. The van der Waals surface area contributed by atoms with Gasteiger partial charge in [0.25, 0.3) is 5.91 Å². The molecule has 29 heavy (non-hydrogen) atoms. The molecule has 0 unspecified atom stereocenters. The van der Waals surface area contributed by atoms with Crippen molar-refractivity contribution in [2.75, 3.05) is 24.5 Å². The molecule has 3 heterocycles. The topological polar surface area (TPSA) is 62.2 Å². The molecule has 156 valence electrons. The van der Waals surface area contributed by atoms with Gasteiger partial charge >= 0.3 is 0 Å². The molecule has 0 N–H and O–H groups in total. The zero-order valence-corrected chi connectivity index (χ0v) is 18.5. The first-order valence-electron chi connectivity index (χ1n) is 10.8. The summed E-state index contributed by atoms with van der Waals surface area (Å²) >= 11 is 1.56. The van der Waals surface area contributed by atoms with E-state index < -0.39 is 0 Å². The summed E-state index contributed by atoms with van der Waals surface area (Å²) in [6, 6.07) is 2.01. The van der Waals surface area contributed by atoms with Gasteiger partial charge in [-0.2, -0.15) is 0 Å². The molecule has 1 aliphatic heterocycles. The molecule has 1 saturated carbocycles. The van der Waals surface area contributed by atoms with Crippen molar-refractivity contribution in [2.24, 2.45) is 5.92 Å². The summed E-state index contributed by atoms with van der Waals surface area (Å²) in [6.45, 7) is 9.55. The highest BCUT2D eigenvalue weighted by Crippen LogP contribution is 2.41. The lowest BCUT2D eigenvalue weighted by Crippen LogP contribution is -2.34. The van der Waals surface area contributed by atoms with E-state index in [0.717, 1.165) is 40.3 Å². The lowest BCUT2D eigenvalue weighted by molar-refractivity contribution is 0.0725. The fourth-order valence-electron chi connectivity index (χ4n) is 3.85. The molecule has 0 spiro atoms. The highest BCUT2D eigenvalue weighted by Gasteiger charge is 2.29. The molecule has 1 aliphatic carbocycles. The summed E-state index contributed by atoms with van der Waals surface area (Å²) in [5.74, 6) is 1.85. The molecule has 0 radical (unpaired) electrons. The number of rotatable bonds is 7. The number of amides is 1. The Bertz CT molecular complexity index is 855. The van der Waals surface area contributed by atoms with Crippen LogP contribution in [0.4, 0.5) is 5.95 Å². The molecule has 2 aromatic heterocycles. The monoisotopic (exact) mass is 413 g/mol. The van der Waals surface area contributed by atoms with E-state index in [4.69, 9.17) is 4.98 Å². The molecule has 1 amide bonds. The maximum Gasteiger partial charge on any atom is 0.265 e. The van der Waals surface area contributed by atoms with Crippen LogP contribution in [-0.2, 0) is 6.54 Å². The Morgan fingerprint density at radius 3 is 2.69 bits per heavy atom. The Morgan fingerprint density at radius 1 is 1.24 bits per heavy atom. The predicted octanol–water partition coefficient (Wildman–Crippen LogP) is 4.41. The molecule has 4 rings (SSSR count). The average Bonchev–Trinajstić information content (AvgIpc) is 3.43. The van der Waals surface area contributed by atoms with Crippen molar-refractivity contribution in [1.82, 2.24) is 19.9 Å². The third-order valence-electron chi connectivity index (χ3n) is 5.42. The Kier molecular flexibility index (Phi) is 6.13. The van der Waals surface area contributed by atoms with Crippen molar-refractivity contribution in [3.8, 4) is 0 Å². The van der Waals surface area contributed by atoms with Crippen molar-refractivity contribution in [3.63, 3.8) is 0 Å². The molecular weight excluding hydrogens is 382 g/mol. The van der Waals surface area contributed by atoms with Crippen molar-refractivity contribution < 1.29 is 4.79 Å². The standard InChI is InChI=1S/C22H31N5OS/c1-15(2)13-27(21(28)19-12-23-20(29-19)17-7-8-17)14-18-11-16(3)24-22(25-18)26-9-5-4-6-10-26/h11-12,15,17H,4-10,13-14H2,1-3H3. The van der Waals surface area contributed by atoms with Gasteiger partial charge in [0, 0.05) is 31.2 Å². The maximum atomic E-state index is 13.3. The number of hydrogen-bond acceptors (Lipinski definition) is 6. The molecule has 2 aliphatic rings. The summed E-state index contributed by atoms with van der Waals surface area (Å²) in [5, 5.41) is 1.11. The van der Waals surface area contributed by atoms with Crippen LogP contribution in [0.15, 0.2) is 12.3 Å². The van der Waals surface area contributed by atoms with Gasteiger partial charge < -0.3 is 9.80 Å². The smallest absolute Gasteiger partial charge is 0.265 e. The SMILES string of the molecule is Cc1cc(CN(CC(C)C)C(=O)c2cnc(C3CC3)s2)nc(N2CCCCC2)n1. The molecular formula is C22H31N5OS. The Hall–Kier alpha value is -2.02. The number of anilines is 1. The van der Waals surface area contributed by atoms with E-state index in [-0.39, 0.29) is 5.91 Å². The first kappa shape index (κ1) is 20.3. The van der Waals surface area contributed by atoms with Gasteiger partial charge in [-0.25, -0.2) is 15.0 Å². The van der Waals surface area contributed by atoms with Crippen molar-refractivity contribution in [1.29, 1.82) is 0 Å². The van der Waals surface area contributed by atoms with Crippen molar-refractivity contribution >= 4 is 23.2 Å². The fraction of sp³-hybridized carbons (Fsp3) is 0.636. The number of hydrogen-bond donors (Lipinski definition) is 0. The number of carbonyl (C=O) groups excluding carboxylic acids is 1.